The first kappa shape index (κ1) is 17.5. The number of rotatable bonds is 4. The van der Waals surface area contributed by atoms with Crippen molar-refractivity contribution in [2.45, 2.75) is 32.6 Å². The minimum absolute atomic E-state index is 0.178. The number of hydrogen-bond donors (Lipinski definition) is 1. The molecule has 25 heavy (non-hydrogen) atoms. The maximum absolute atomic E-state index is 12.7. The van der Waals surface area contributed by atoms with Gasteiger partial charge in [-0.1, -0.05) is 0 Å². The fourth-order valence-electron chi connectivity index (χ4n) is 3.48. The Balaban J connectivity index is 1.65. The SMILES string of the molecule is CCOC(=O)C1CCCN(C(=O)Nc2cccnc2N2CCCC2)C1. The van der Waals surface area contributed by atoms with Crippen LogP contribution in [0.1, 0.15) is 32.6 Å². The van der Waals surface area contributed by atoms with E-state index in [4.69, 9.17) is 4.74 Å². The Morgan fingerprint density at radius 1 is 1.28 bits per heavy atom. The Morgan fingerprint density at radius 3 is 2.84 bits per heavy atom. The third-order valence-corrected chi connectivity index (χ3v) is 4.76. The van der Waals surface area contributed by atoms with Crippen LogP contribution in [0.2, 0.25) is 0 Å². The molecule has 1 aromatic heterocycles. The minimum Gasteiger partial charge on any atom is -0.466 e. The molecule has 1 N–H and O–H groups in total. The molecule has 7 nitrogen and oxygen atoms in total. The lowest BCUT2D eigenvalue weighted by molar-refractivity contribution is -0.149. The molecule has 0 radical (unpaired) electrons. The number of hydrogen-bond acceptors (Lipinski definition) is 5. The Kier molecular flexibility index (Phi) is 5.73. The van der Waals surface area contributed by atoms with E-state index in [9.17, 15) is 9.59 Å². The van der Waals surface area contributed by atoms with Gasteiger partial charge < -0.3 is 19.9 Å². The Hall–Kier alpha value is -2.31. The van der Waals surface area contributed by atoms with Crippen molar-refractivity contribution < 1.29 is 14.3 Å². The molecule has 1 atom stereocenters. The van der Waals surface area contributed by atoms with Crippen molar-refractivity contribution in [2.75, 3.05) is 43.0 Å². The lowest BCUT2D eigenvalue weighted by Gasteiger charge is -2.32. The van der Waals surface area contributed by atoms with Gasteiger partial charge in [0.05, 0.1) is 18.2 Å². The number of ether oxygens (including phenoxy) is 1. The zero-order chi connectivity index (χ0) is 17.6. The number of nitrogens with one attached hydrogen (secondary N) is 1. The third kappa shape index (κ3) is 4.21. The van der Waals surface area contributed by atoms with Gasteiger partial charge in [0.15, 0.2) is 5.82 Å². The van der Waals surface area contributed by atoms with Crippen molar-refractivity contribution in [3.05, 3.63) is 18.3 Å². The predicted molar refractivity (Wildman–Crippen MR) is 95.6 cm³/mol. The molecule has 136 valence electrons. The number of urea groups is 1. The molecule has 3 rings (SSSR count). The van der Waals surface area contributed by atoms with E-state index in [-0.39, 0.29) is 17.9 Å². The standard InChI is InChI=1S/C18H26N4O3/c1-2-25-17(23)14-7-6-12-22(13-14)18(24)20-15-8-5-9-19-16(15)21-10-3-4-11-21/h5,8-9,14H,2-4,6-7,10-13H2,1H3,(H,20,24). The van der Waals surface area contributed by atoms with Gasteiger partial charge in [-0.25, -0.2) is 9.78 Å². The zero-order valence-corrected chi connectivity index (χ0v) is 14.7. The second-order valence-electron chi connectivity index (χ2n) is 6.54. The largest absolute Gasteiger partial charge is 0.466 e. The number of amides is 2. The van der Waals surface area contributed by atoms with Crippen LogP contribution in [-0.4, -0.2) is 54.7 Å². The number of esters is 1. The number of pyridine rings is 1. The predicted octanol–water partition coefficient (Wildman–Crippen LogP) is 2.49. The van der Waals surface area contributed by atoms with Crippen LogP contribution in [0.3, 0.4) is 0 Å². The quantitative estimate of drug-likeness (QED) is 0.848. The van der Waals surface area contributed by atoms with Gasteiger partial charge in [-0.15, -0.1) is 0 Å². The fraction of sp³-hybridized carbons (Fsp3) is 0.611. The van der Waals surface area contributed by atoms with Crippen LogP contribution in [0.25, 0.3) is 0 Å². The second kappa shape index (κ2) is 8.18. The van der Waals surface area contributed by atoms with Gasteiger partial charge in [0.1, 0.15) is 0 Å². The van der Waals surface area contributed by atoms with Gasteiger partial charge in [-0.05, 0) is 44.7 Å². The van der Waals surface area contributed by atoms with E-state index in [2.05, 4.69) is 15.2 Å². The summed E-state index contributed by atoms with van der Waals surface area (Å²) in [7, 11) is 0. The summed E-state index contributed by atoms with van der Waals surface area (Å²) in [6, 6.07) is 3.53. The van der Waals surface area contributed by atoms with E-state index in [1.54, 1.807) is 18.0 Å². The topological polar surface area (TPSA) is 74.8 Å². The Morgan fingerprint density at radius 2 is 2.08 bits per heavy atom. The number of likely N-dealkylation sites (tertiary alicyclic amines) is 1. The average Bonchev–Trinajstić information content (AvgIpc) is 3.17. The van der Waals surface area contributed by atoms with Crippen molar-refractivity contribution >= 4 is 23.5 Å². The summed E-state index contributed by atoms with van der Waals surface area (Å²) in [5, 5.41) is 2.98. The summed E-state index contributed by atoms with van der Waals surface area (Å²) in [6.45, 7) is 5.16. The smallest absolute Gasteiger partial charge is 0.321 e. The van der Waals surface area contributed by atoms with Crippen molar-refractivity contribution in [1.29, 1.82) is 0 Å². The van der Waals surface area contributed by atoms with Gasteiger partial charge in [0.2, 0.25) is 0 Å². The van der Waals surface area contributed by atoms with Crippen molar-refractivity contribution in [1.82, 2.24) is 9.88 Å². The van der Waals surface area contributed by atoms with Crippen LogP contribution < -0.4 is 10.2 Å². The molecule has 3 heterocycles. The van der Waals surface area contributed by atoms with Crippen molar-refractivity contribution in [2.24, 2.45) is 5.92 Å². The molecule has 0 aromatic carbocycles. The highest BCUT2D eigenvalue weighted by Gasteiger charge is 2.30. The van der Waals surface area contributed by atoms with E-state index in [1.807, 2.05) is 12.1 Å². The number of nitrogens with zero attached hydrogens (tertiary/aromatic N) is 3. The molecule has 1 aromatic rings. The maximum Gasteiger partial charge on any atom is 0.321 e. The van der Waals surface area contributed by atoms with Crippen molar-refractivity contribution in [3.8, 4) is 0 Å². The molecule has 0 spiro atoms. The molecule has 2 amide bonds. The lowest BCUT2D eigenvalue weighted by Crippen LogP contribution is -2.44. The summed E-state index contributed by atoms with van der Waals surface area (Å²) in [6.07, 6.45) is 5.63. The van der Waals surface area contributed by atoms with E-state index >= 15 is 0 Å². The monoisotopic (exact) mass is 346 g/mol. The molecular formula is C18H26N4O3. The van der Waals surface area contributed by atoms with Gasteiger partial charge in [-0.2, -0.15) is 0 Å². The summed E-state index contributed by atoms with van der Waals surface area (Å²) in [5.74, 6) is 0.387. The molecular weight excluding hydrogens is 320 g/mol. The normalized spacial score (nSPS) is 20.4. The summed E-state index contributed by atoms with van der Waals surface area (Å²) in [4.78, 5) is 33.0. The average molecular weight is 346 g/mol. The minimum atomic E-state index is -0.230. The highest BCUT2D eigenvalue weighted by Crippen LogP contribution is 2.27. The summed E-state index contributed by atoms with van der Waals surface area (Å²) in [5.41, 5.74) is 0.729. The highest BCUT2D eigenvalue weighted by molar-refractivity contribution is 5.92. The van der Waals surface area contributed by atoms with Crippen LogP contribution in [0.4, 0.5) is 16.3 Å². The van der Waals surface area contributed by atoms with Gasteiger partial charge in [-0.3, -0.25) is 4.79 Å². The Labute approximate surface area is 148 Å². The van der Waals surface area contributed by atoms with E-state index in [0.29, 0.717) is 19.7 Å². The number of carbonyl (C=O) groups excluding carboxylic acids is 2. The number of piperidine rings is 1. The molecule has 2 aliphatic rings. The maximum atomic E-state index is 12.7. The zero-order valence-electron chi connectivity index (χ0n) is 14.7. The van der Waals surface area contributed by atoms with Gasteiger partial charge >= 0.3 is 12.0 Å². The van der Waals surface area contributed by atoms with Gasteiger partial charge in [0, 0.05) is 32.4 Å². The molecule has 2 saturated heterocycles. The van der Waals surface area contributed by atoms with E-state index in [1.165, 1.54) is 0 Å². The Bertz CT molecular complexity index is 616. The molecule has 2 aliphatic heterocycles. The molecule has 0 bridgehead atoms. The summed E-state index contributed by atoms with van der Waals surface area (Å²) >= 11 is 0. The lowest BCUT2D eigenvalue weighted by atomic mass is 9.98. The van der Waals surface area contributed by atoms with Crippen LogP contribution in [0, 0.1) is 5.92 Å². The van der Waals surface area contributed by atoms with Crippen LogP contribution in [-0.2, 0) is 9.53 Å². The third-order valence-electron chi connectivity index (χ3n) is 4.76. The van der Waals surface area contributed by atoms with E-state index in [0.717, 1.165) is 50.3 Å². The van der Waals surface area contributed by atoms with Crippen LogP contribution in [0.15, 0.2) is 18.3 Å². The van der Waals surface area contributed by atoms with Gasteiger partial charge in [0.25, 0.3) is 0 Å². The number of aromatic nitrogens is 1. The summed E-state index contributed by atoms with van der Waals surface area (Å²) < 4.78 is 5.10. The number of anilines is 2. The number of carbonyl (C=O) groups is 2. The first-order valence-corrected chi connectivity index (χ1v) is 9.11. The van der Waals surface area contributed by atoms with E-state index < -0.39 is 0 Å². The molecule has 0 saturated carbocycles. The molecule has 0 aliphatic carbocycles. The second-order valence-corrected chi connectivity index (χ2v) is 6.54. The fourth-order valence-corrected chi connectivity index (χ4v) is 3.48. The molecule has 2 fully saturated rings. The molecule has 1 unspecified atom stereocenters. The van der Waals surface area contributed by atoms with Crippen LogP contribution in [0.5, 0.6) is 0 Å². The van der Waals surface area contributed by atoms with Crippen molar-refractivity contribution in [3.63, 3.8) is 0 Å². The first-order valence-electron chi connectivity index (χ1n) is 9.11. The molecule has 7 heteroatoms. The highest BCUT2D eigenvalue weighted by atomic mass is 16.5. The van der Waals surface area contributed by atoms with Crippen LogP contribution >= 0.6 is 0 Å². The first-order chi connectivity index (χ1) is 12.2.